The quantitative estimate of drug-likeness (QED) is 0.453. The van der Waals surface area contributed by atoms with Gasteiger partial charge in [-0.15, -0.1) is 0 Å². The fraction of sp³-hybridized carbons (Fsp3) is 0.640. The standard InChI is InChI=1S/C25H37N3O2S2/c1-18-14-15-21(16-23(18)32(29,30)28-22-12-8-3-4-9-13-22)24-19(2)27-25(31-24)26-17-20-10-6-5-7-11-20/h14-16,20,22,28H,3-13,17H2,1-2H3,(H,26,27). The van der Waals surface area contributed by atoms with Crippen molar-refractivity contribution >= 4 is 26.5 Å². The number of rotatable bonds is 7. The molecular weight excluding hydrogens is 438 g/mol. The zero-order chi connectivity index (χ0) is 22.6. The summed E-state index contributed by atoms with van der Waals surface area (Å²) in [7, 11) is -3.55. The van der Waals surface area contributed by atoms with Crippen molar-refractivity contribution < 1.29 is 8.42 Å². The highest BCUT2D eigenvalue weighted by Crippen LogP contribution is 2.35. The van der Waals surface area contributed by atoms with Crippen molar-refractivity contribution in [1.29, 1.82) is 0 Å². The van der Waals surface area contributed by atoms with E-state index in [0.717, 1.165) is 65.0 Å². The van der Waals surface area contributed by atoms with Crippen molar-refractivity contribution in [2.24, 2.45) is 5.92 Å². The first kappa shape index (κ1) is 23.7. The van der Waals surface area contributed by atoms with Gasteiger partial charge in [-0.3, -0.25) is 0 Å². The molecule has 0 radical (unpaired) electrons. The molecule has 1 heterocycles. The molecule has 2 aliphatic carbocycles. The number of aromatic nitrogens is 1. The highest BCUT2D eigenvalue weighted by Gasteiger charge is 2.24. The highest BCUT2D eigenvalue weighted by molar-refractivity contribution is 7.89. The number of hydrogen-bond donors (Lipinski definition) is 2. The molecule has 2 aromatic rings. The molecule has 0 unspecified atom stereocenters. The zero-order valence-corrected chi connectivity index (χ0v) is 21.1. The minimum Gasteiger partial charge on any atom is -0.361 e. The molecule has 176 valence electrons. The van der Waals surface area contributed by atoms with E-state index in [1.807, 2.05) is 32.0 Å². The topological polar surface area (TPSA) is 71.1 Å². The molecule has 0 aliphatic heterocycles. The molecule has 2 saturated carbocycles. The van der Waals surface area contributed by atoms with Crippen LogP contribution in [0.4, 0.5) is 5.13 Å². The molecule has 2 N–H and O–H groups in total. The highest BCUT2D eigenvalue weighted by atomic mass is 32.2. The molecule has 32 heavy (non-hydrogen) atoms. The maximum absolute atomic E-state index is 13.2. The van der Waals surface area contributed by atoms with Crippen LogP contribution in [-0.2, 0) is 10.0 Å². The van der Waals surface area contributed by atoms with Crippen LogP contribution < -0.4 is 10.0 Å². The second-order valence-electron chi connectivity index (χ2n) is 9.61. The fourth-order valence-corrected chi connectivity index (χ4v) is 7.62. The third-order valence-corrected chi connectivity index (χ3v) is 9.81. The SMILES string of the molecule is Cc1ccc(-c2sc(NCC3CCCCC3)nc2C)cc1S(=O)(=O)NC1CCCCCC1. The first-order chi connectivity index (χ1) is 15.4. The van der Waals surface area contributed by atoms with Crippen LogP contribution in [-0.4, -0.2) is 26.0 Å². The summed E-state index contributed by atoms with van der Waals surface area (Å²) in [5, 5.41) is 4.47. The molecule has 0 saturated heterocycles. The van der Waals surface area contributed by atoms with Gasteiger partial charge >= 0.3 is 0 Å². The number of anilines is 1. The Labute approximate surface area is 197 Å². The van der Waals surface area contributed by atoms with Crippen LogP contribution in [0.15, 0.2) is 23.1 Å². The van der Waals surface area contributed by atoms with E-state index in [-0.39, 0.29) is 6.04 Å². The van der Waals surface area contributed by atoms with E-state index in [2.05, 4.69) is 10.0 Å². The third-order valence-electron chi connectivity index (χ3n) is 6.98. The Morgan fingerprint density at radius 3 is 2.34 bits per heavy atom. The van der Waals surface area contributed by atoms with Gasteiger partial charge in [0.15, 0.2) is 5.13 Å². The normalized spacial score (nSPS) is 19.1. The smallest absolute Gasteiger partial charge is 0.241 e. The lowest BCUT2D eigenvalue weighted by molar-refractivity contribution is 0.373. The van der Waals surface area contributed by atoms with E-state index in [1.54, 1.807) is 11.3 Å². The predicted molar refractivity (Wildman–Crippen MR) is 134 cm³/mol. The molecule has 7 heteroatoms. The van der Waals surface area contributed by atoms with E-state index >= 15 is 0 Å². The van der Waals surface area contributed by atoms with Gasteiger partial charge in [-0.1, -0.05) is 68.4 Å². The molecule has 4 rings (SSSR count). The minimum absolute atomic E-state index is 0.0475. The molecule has 0 spiro atoms. The number of sulfonamides is 1. The van der Waals surface area contributed by atoms with Gasteiger partial charge in [-0.05, 0) is 62.6 Å². The molecule has 2 fully saturated rings. The van der Waals surface area contributed by atoms with Crippen LogP contribution in [0.25, 0.3) is 10.4 Å². The van der Waals surface area contributed by atoms with Gasteiger partial charge in [0.25, 0.3) is 0 Å². The summed E-state index contributed by atoms with van der Waals surface area (Å²) in [6.45, 7) is 4.86. The van der Waals surface area contributed by atoms with Gasteiger partial charge in [0.1, 0.15) is 0 Å². The summed E-state index contributed by atoms with van der Waals surface area (Å²) < 4.78 is 29.5. The van der Waals surface area contributed by atoms with Gasteiger partial charge in [0.2, 0.25) is 10.0 Å². The average molecular weight is 476 g/mol. The Bertz CT molecular complexity index is 1000. The number of aryl methyl sites for hydroxylation is 2. The van der Waals surface area contributed by atoms with Crippen molar-refractivity contribution in [2.75, 3.05) is 11.9 Å². The second-order valence-corrected chi connectivity index (χ2v) is 12.3. The monoisotopic (exact) mass is 475 g/mol. The lowest BCUT2D eigenvalue weighted by Gasteiger charge is -2.21. The van der Waals surface area contributed by atoms with Gasteiger partial charge in [0.05, 0.1) is 15.5 Å². The Morgan fingerprint density at radius 1 is 0.969 bits per heavy atom. The number of thiazole rings is 1. The molecule has 1 aromatic heterocycles. The molecule has 5 nitrogen and oxygen atoms in total. The van der Waals surface area contributed by atoms with E-state index in [0.29, 0.717) is 4.90 Å². The summed E-state index contributed by atoms with van der Waals surface area (Å²) in [4.78, 5) is 6.17. The van der Waals surface area contributed by atoms with Crippen molar-refractivity contribution in [1.82, 2.24) is 9.71 Å². The van der Waals surface area contributed by atoms with Crippen molar-refractivity contribution in [3.05, 3.63) is 29.5 Å². The molecule has 1 aromatic carbocycles. The fourth-order valence-electron chi connectivity index (χ4n) is 5.07. The predicted octanol–water partition coefficient (Wildman–Crippen LogP) is 6.42. The minimum atomic E-state index is -3.55. The summed E-state index contributed by atoms with van der Waals surface area (Å²) >= 11 is 1.63. The lowest BCUT2D eigenvalue weighted by Crippen LogP contribution is -2.34. The Balaban J connectivity index is 1.51. The van der Waals surface area contributed by atoms with E-state index in [1.165, 1.54) is 44.9 Å². The Kier molecular flexibility index (Phi) is 7.90. The Hall–Kier alpha value is -1.44. The number of benzene rings is 1. The Morgan fingerprint density at radius 2 is 1.62 bits per heavy atom. The summed E-state index contributed by atoms with van der Waals surface area (Å²) in [6, 6.07) is 5.82. The van der Waals surface area contributed by atoms with Crippen LogP contribution >= 0.6 is 11.3 Å². The van der Waals surface area contributed by atoms with Gasteiger partial charge < -0.3 is 5.32 Å². The largest absolute Gasteiger partial charge is 0.361 e. The van der Waals surface area contributed by atoms with Crippen molar-refractivity contribution in [3.8, 4) is 10.4 Å². The van der Waals surface area contributed by atoms with Crippen LogP contribution in [0.5, 0.6) is 0 Å². The van der Waals surface area contributed by atoms with E-state index in [4.69, 9.17) is 4.98 Å². The molecule has 0 amide bonds. The first-order valence-electron chi connectivity index (χ1n) is 12.3. The second kappa shape index (κ2) is 10.7. The lowest BCUT2D eigenvalue weighted by atomic mass is 9.89. The van der Waals surface area contributed by atoms with Crippen molar-refractivity contribution in [2.45, 2.75) is 95.4 Å². The van der Waals surface area contributed by atoms with Gasteiger partial charge in [-0.25, -0.2) is 18.1 Å². The van der Waals surface area contributed by atoms with Crippen molar-refractivity contribution in [3.63, 3.8) is 0 Å². The molecular formula is C25H37N3O2S2. The van der Waals surface area contributed by atoms with E-state index in [9.17, 15) is 8.42 Å². The van der Waals surface area contributed by atoms with Gasteiger partial charge in [-0.2, -0.15) is 0 Å². The number of hydrogen-bond acceptors (Lipinski definition) is 5. The van der Waals surface area contributed by atoms with Crippen LogP contribution in [0.2, 0.25) is 0 Å². The van der Waals surface area contributed by atoms with Crippen LogP contribution in [0, 0.1) is 19.8 Å². The summed E-state index contributed by atoms with van der Waals surface area (Å²) in [5.41, 5.74) is 2.66. The zero-order valence-electron chi connectivity index (χ0n) is 19.5. The maximum Gasteiger partial charge on any atom is 0.241 e. The van der Waals surface area contributed by atoms with Crippen LogP contribution in [0.3, 0.4) is 0 Å². The average Bonchev–Trinajstić information content (AvgIpc) is 2.97. The third kappa shape index (κ3) is 5.91. The molecule has 0 atom stereocenters. The van der Waals surface area contributed by atoms with Crippen LogP contribution in [0.1, 0.15) is 81.9 Å². The summed E-state index contributed by atoms with van der Waals surface area (Å²) in [5.74, 6) is 0.739. The number of nitrogens with zero attached hydrogens (tertiary/aromatic N) is 1. The maximum atomic E-state index is 13.2. The van der Waals surface area contributed by atoms with Gasteiger partial charge in [0, 0.05) is 12.6 Å². The molecule has 2 aliphatic rings. The summed E-state index contributed by atoms with van der Waals surface area (Å²) in [6.07, 6.45) is 13.1. The first-order valence-corrected chi connectivity index (χ1v) is 14.6. The number of nitrogens with one attached hydrogen (secondary N) is 2. The van der Waals surface area contributed by atoms with E-state index < -0.39 is 10.0 Å². The molecule has 0 bridgehead atoms.